The molecule has 2 rings (SSSR count). The quantitative estimate of drug-likeness (QED) is 0.373. The molecule has 2 aliphatic heterocycles. The highest BCUT2D eigenvalue weighted by Gasteiger charge is 2.44. The fraction of sp³-hybridized carbons (Fsp3) is 1.00. The van der Waals surface area contributed by atoms with Gasteiger partial charge in [0.05, 0.1) is 0 Å². The van der Waals surface area contributed by atoms with E-state index in [1.165, 1.54) is 65.0 Å². The predicted octanol–water partition coefficient (Wildman–Crippen LogP) is 8.04. The molecular weight excluding hydrogens is 402 g/mol. The van der Waals surface area contributed by atoms with Crippen LogP contribution in [0.15, 0.2) is 0 Å². The SMILES string of the molecule is C.CC.CC.CCC(C)(C)C(C)(C)N1CCN(C(C)(C)CC(C)(C)C2CCN(C)CC2)CC1. The maximum Gasteiger partial charge on any atom is 0.0205 e. The van der Waals surface area contributed by atoms with Gasteiger partial charge in [-0.05, 0) is 90.3 Å². The van der Waals surface area contributed by atoms with E-state index in [-0.39, 0.29) is 18.5 Å². The topological polar surface area (TPSA) is 9.72 Å². The van der Waals surface area contributed by atoms with E-state index >= 15 is 0 Å². The second-order valence-electron chi connectivity index (χ2n) is 12.3. The minimum atomic E-state index is 0. The van der Waals surface area contributed by atoms with Crippen LogP contribution in [0, 0.1) is 16.7 Å². The zero-order valence-corrected chi connectivity index (χ0v) is 25.0. The summed E-state index contributed by atoms with van der Waals surface area (Å²) in [5, 5.41) is 0. The second kappa shape index (κ2) is 14.4. The predicted molar refractivity (Wildman–Crippen MR) is 153 cm³/mol. The van der Waals surface area contributed by atoms with Crippen molar-refractivity contribution in [3.05, 3.63) is 0 Å². The number of nitrogens with zero attached hydrogens (tertiary/aromatic N) is 3. The van der Waals surface area contributed by atoms with Crippen molar-refractivity contribution in [2.24, 2.45) is 16.7 Å². The molecule has 0 bridgehead atoms. The summed E-state index contributed by atoms with van der Waals surface area (Å²) in [7, 11) is 2.27. The monoisotopic (exact) mass is 470 g/mol. The lowest BCUT2D eigenvalue weighted by Gasteiger charge is -2.55. The first-order valence-corrected chi connectivity index (χ1v) is 13.9. The zero-order chi connectivity index (χ0) is 25.4. The number of hydrogen-bond donors (Lipinski definition) is 0. The van der Waals surface area contributed by atoms with Gasteiger partial charge in [0, 0.05) is 37.3 Å². The summed E-state index contributed by atoms with van der Waals surface area (Å²) in [4.78, 5) is 8.04. The molecule has 0 atom stereocenters. The molecule has 0 aliphatic carbocycles. The van der Waals surface area contributed by atoms with Crippen LogP contribution in [0.1, 0.15) is 123 Å². The molecule has 2 saturated heterocycles. The third-order valence-corrected chi connectivity index (χ3v) is 9.18. The summed E-state index contributed by atoms with van der Waals surface area (Å²) in [6, 6.07) is 0. The number of piperidine rings is 1. The number of rotatable bonds is 7. The molecule has 2 fully saturated rings. The van der Waals surface area contributed by atoms with Crippen LogP contribution in [0.3, 0.4) is 0 Å². The highest BCUT2D eigenvalue weighted by Crippen LogP contribution is 2.43. The van der Waals surface area contributed by atoms with E-state index in [1.54, 1.807) is 0 Å². The Morgan fingerprint density at radius 1 is 0.667 bits per heavy atom. The molecule has 0 saturated carbocycles. The number of hydrogen-bond acceptors (Lipinski definition) is 3. The summed E-state index contributed by atoms with van der Waals surface area (Å²) in [6.45, 7) is 37.6. The molecule has 0 amide bonds. The van der Waals surface area contributed by atoms with Crippen LogP contribution >= 0.6 is 0 Å². The van der Waals surface area contributed by atoms with Crippen molar-refractivity contribution >= 4 is 0 Å². The van der Waals surface area contributed by atoms with Gasteiger partial charge in [0.15, 0.2) is 0 Å². The molecule has 0 aromatic rings. The van der Waals surface area contributed by atoms with Crippen molar-refractivity contribution in [2.45, 2.75) is 134 Å². The highest BCUT2D eigenvalue weighted by atomic mass is 15.3. The first-order valence-electron chi connectivity index (χ1n) is 13.9. The Morgan fingerprint density at radius 2 is 1.06 bits per heavy atom. The van der Waals surface area contributed by atoms with Crippen LogP contribution in [0.25, 0.3) is 0 Å². The summed E-state index contributed by atoms with van der Waals surface area (Å²) in [5.41, 5.74) is 1.31. The zero-order valence-electron chi connectivity index (χ0n) is 25.0. The summed E-state index contributed by atoms with van der Waals surface area (Å²) >= 11 is 0. The van der Waals surface area contributed by atoms with Gasteiger partial charge in [-0.1, -0.05) is 69.7 Å². The second-order valence-corrected chi connectivity index (χ2v) is 12.3. The van der Waals surface area contributed by atoms with Gasteiger partial charge in [0.25, 0.3) is 0 Å². The maximum atomic E-state index is 2.79. The molecule has 0 radical (unpaired) electrons. The third-order valence-electron chi connectivity index (χ3n) is 9.18. The molecule has 2 aliphatic rings. The first-order chi connectivity index (χ1) is 14.7. The minimum Gasteiger partial charge on any atom is -0.306 e. The van der Waals surface area contributed by atoms with Crippen LogP contribution < -0.4 is 0 Å². The van der Waals surface area contributed by atoms with Gasteiger partial charge < -0.3 is 4.90 Å². The van der Waals surface area contributed by atoms with E-state index in [0.717, 1.165) is 5.92 Å². The lowest BCUT2D eigenvalue weighted by Crippen LogP contribution is -2.63. The Hall–Kier alpha value is -0.120. The largest absolute Gasteiger partial charge is 0.306 e. The lowest BCUT2D eigenvalue weighted by atomic mass is 9.67. The molecule has 0 aromatic carbocycles. The van der Waals surface area contributed by atoms with Gasteiger partial charge in [-0.15, -0.1) is 0 Å². The van der Waals surface area contributed by atoms with Crippen molar-refractivity contribution in [2.75, 3.05) is 46.3 Å². The molecule has 0 N–H and O–H groups in total. The Morgan fingerprint density at radius 3 is 1.45 bits per heavy atom. The Bertz CT molecular complexity index is 491. The van der Waals surface area contributed by atoms with E-state index < -0.39 is 0 Å². The van der Waals surface area contributed by atoms with Crippen molar-refractivity contribution in [1.29, 1.82) is 0 Å². The van der Waals surface area contributed by atoms with Crippen LogP contribution in [0.5, 0.6) is 0 Å². The Labute approximate surface area is 212 Å². The average molecular weight is 470 g/mol. The minimum absolute atomic E-state index is 0. The lowest BCUT2D eigenvalue weighted by molar-refractivity contribution is -0.0532. The maximum absolute atomic E-state index is 2.79. The molecule has 0 aromatic heterocycles. The molecule has 3 nitrogen and oxygen atoms in total. The third kappa shape index (κ3) is 9.12. The smallest absolute Gasteiger partial charge is 0.0205 e. The summed E-state index contributed by atoms with van der Waals surface area (Å²) in [5.74, 6) is 0.869. The van der Waals surface area contributed by atoms with Crippen LogP contribution in [-0.2, 0) is 0 Å². The van der Waals surface area contributed by atoms with Gasteiger partial charge in [0.2, 0.25) is 0 Å². The van der Waals surface area contributed by atoms with Gasteiger partial charge in [-0.3, -0.25) is 9.80 Å². The number of piperazine rings is 1. The normalized spacial score (nSPS) is 20.2. The van der Waals surface area contributed by atoms with Crippen LogP contribution in [-0.4, -0.2) is 72.1 Å². The van der Waals surface area contributed by atoms with Gasteiger partial charge in [-0.25, -0.2) is 0 Å². The number of likely N-dealkylation sites (tertiary alicyclic amines) is 1. The standard InChI is InChI=1S/C25H51N3.2C2H6.CH4/c1-11-23(4,5)25(8,9)28-18-16-27(17-19-28)24(6,7)20-22(2,3)21-12-14-26(10)15-13-21;2*1-2;/h21H,11-20H2,1-10H3;2*1-2H3;1H4. The van der Waals surface area contributed by atoms with Crippen LogP contribution in [0.4, 0.5) is 0 Å². The molecule has 0 unspecified atom stereocenters. The molecule has 202 valence electrons. The van der Waals surface area contributed by atoms with Crippen molar-refractivity contribution < 1.29 is 0 Å². The fourth-order valence-corrected chi connectivity index (χ4v) is 5.89. The molecule has 0 spiro atoms. The van der Waals surface area contributed by atoms with E-state index in [2.05, 4.69) is 84.1 Å². The Balaban J connectivity index is 0. The summed E-state index contributed by atoms with van der Waals surface area (Å²) in [6.07, 6.45) is 5.27. The first kappa shape index (κ1) is 35.0. The van der Waals surface area contributed by atoms with E-state index in [4.69, 9.17) is 0 Å². The molecular formula is C30H67N3. The van der Waals surface area contributed by atoms with Crippen LogP contribution in [0.2, 0.25) is 0 Å². The van der Waals surface area contributed by atoms with Gasteiger partial charge in [-0.2, -0.15) is 0 Å². The van der Waals surface area contributed by atoms with Crippen molar-refractivity contribution in [3.8, 4) is 0 Å². The fourth-order valence-electron chi connectivity index (χ4n) is 5.89. The highest BCUT2D eigenvalue weighted by molar-refractivity contribution is 4.99. The van der Waals surface area contributed by atoms with E-state index in [0.29, 0.717) is 10.8 Å². The van der Waals surface area contributed by atoms with Crippen molar-refractivity contribution in [3.63, 3.8) is 0 Å². The van der Waals surface area contributed by atoms with Gasteiger partial charge in [0.1, 0.15) is 0 Å². The molecule has 2 heterocycles. The van der Waals surface area contributed by atoms with Crippen molar-refractivity contribution in [1.82, 2.24) is 14.7 Å². The van der Waals surface area contributed by atoms with E-state index in [9.17, 15) is 0 Å². The van der Waals surface area contributed by atoms with Gasteiger partial charge >= 0.3 is 0 Å². The van der Waals surface area contributed by atoms with E-state index in [1.807, 2.05) is 27.7 Å². The molecule has 33 heavy (non-hydrogen) atoms. The summed E-state index contributed by atoms with van der Waals surface area (Å²) < 4.78 is 0. The Kier molecular flexibility index (Phi) is 15.3. The molecule has 3 heteroatoms. The average Bonchev–Trinajstić information content (AvgIpc) is 2.76.